The molecule has 1 atom stereocenters. The predicted molar refractivity (Wildman–Crippen MR) is 105 cm³/mol. The van der Waals surface area contributed by atoms with E-state index in [1.807, 2.05) is 36.9 Å². The van der Waals surface area contributed by atoms with Crippen molar-refractivity contribution in [2.24, 2.45) is 0 Å². The number of rotatable bonds is 3. The average molecular weight is 353 g/mol. The standard InChI is InChI=1S/C20H27N5O/c1-13-8-6-9-14(2)18(13)17-10-7-11-25(17)20(26)21-16-12-15(3)22-23-19(16)24(4)5/h6,8-9,12,17H,7,10-11H2,1-5H3,(H,21,22,26). The lowest BCUT2D eigenvalue weighted by atomic mass is 9.94. The molecule has 0 bridgehead atoms. The smallest absolute Gasteiger partial charge is 0.322 e. The molecule has 1 aromatic carbocycles. The number of aryl methyl sites for hydroxylation is 3. The number of likely N-dealkylation sites (tertiary alicyclic amines) is 1. The van der Waals surface area contributed by atoms with Crippen molar-refractivity contribution in [3.05, 3.63) is 46.6 Å². The number of amides is 2. The SMILES string of the molecule is Cc1cc(NC(=O)N2CCCC2c2c(C)cccc2C)c(N(C)C)nn1. The first-order chi connectivity index (χ1) is 12.4. The van der Waals surface area contributed by atoms with Crippen LogP contribution < -0.4 is 10.2 Å². The maximum Gasteiger partial charge on any atom is 0.322 e. The van der Waals surface area contributed by atoms with E-state index in [2.05, 4.69) is 47.6 Å². The number of anilines is 2. The average Bonchev–Trinajstić information content (AvgIpc) is 3.04. The summed E-state index contributed by atoms with van der Waals surface area (Å²) in [6.07, 6.45) is 2.01. The summed E-state index contributed by atoms with van der Waals surface area (Å²) in [7, 11) is 3.79. The van der Waals surface area contributed by atoms with Gasteiger partial charge in [-0.2, -0.15) is 5.10 Å². The molecule has 1 unspecified atom stereocenters. The van der Waals surface area contributed by atoms with Gasteiger partial charge < -0.3 is 15.1 Å². The van der Waals surface area contributed by atoms with Crippen LogP contribution in [0.1, 0.15) is 41.3 Å². The minimum Gasteiger partial charge on any atom is -0.360 e. The van der Waals surface area contributed by atoms with E-state index in [1.54, 1.807) is 0 Å². The molecule has 2 aromatic rings. The molecule has 0 radical (unpaired) electrons. The normalized spacial score (nSPS) is 16.7. The molecular weight excluding hydrogens is 326 g/mol. The van der Waals surface area contributed by atoms with E-state index in [0.717, 1.165) is 25.1 Å². The Labute approximate surface area is 155 Å². The summed E-state index contributed by atoms with van der Waals surface area (Å²) in [5, 5.41) is 11.4. The van der Waals surface area contributed by atoms with Crippen molar-refractivity contribution in [1.82, 2.24) is 15.1 Å². The number of nitrogens with one attached hydrogen (secondary N) is 1. The van der Waals surface area contributed by atoms with E-state index >= 15 is 0 Å². The van der Waals surface area contributed by atoms with Crippen LogP contribution in [0.4, 0.5) is 16.3 Å². The van der Waals surface area contributed by atoms with Crippen molar-refractivity contribution >= 4 is 17.5 Å². The molecular formula is C20H27N5O. The highest BCUT2D eigenvalue weighted by Crippen LogP contribution is 2.36. The maximum atomic E-state index is 13.1. The fourth-order valence-electron chi connectivity index (χ4n) is 3.75. The van der Waals surface area contributed by atoms with Gasteiger partial charge in [0.1, 0.15) is 0 Å². The fourth-order valence-corrected chi connectivity index (χ4v) is 3.75. The lowest BCUT2D eigenvalue weighted by Crippen LogP contribution is -2.35. The van der Waals surface area contributed by atoms with Gasteiger partial charge in [-0.1, -0.05) is 18.2 Å². The minimum atomic E-state index is -0.0781. The lowest BCUT2D eigenvalue weighted by molar-refractivity contribution is 0.207. The van der Waals surface area contributed by atoms with Crippen LogP contribution in [0.2, 0.25) is 0 Å². The highest BCUT2D eigenvalue weighted by atomic mass is 16.2. The molecule has 2 heterocycles. The Morgan fingerprint density at radius 1 is 1.19 bits per heavy atom. The Morgan fingerprint density at radius 2 is 1.88 bits per heavy atom. The molecule has 2 amide bonds. The zero-order valence-electron chi connectivity index (χ0n) is 16.2. The topological polar surface area (TPSA) is 61.4 Å². The zero-order valence-corrected chi connectivity index (χ0v) is 16.2. The van der Waals surface area contributed by atoms with Crippen molar-refractivity contribution < 1.29 is 4.79 Å². The van der Waals surface area contributed by atoms with Gasteiger partial charge in [0.2, 0.25) is 0 Å². The number of nitrogens with zero attached hydrogens (tertiary/aromatic N) is 4. The van der Waals surface area contributed by atoms with Crippen molar-refractivity contribution in [2.75, 3.05) is 30.9 Å². The lowest BCUT2D eigenvalue weighted by Gasteiger charge is -2.28. The third-order valence-corrected chi connectivity index (χ3v) is 4.95. The van der Waals surface area contributed by atoms with Gasteiger partial charge in [0.25, 0.3) is 0 Å². The number of aromatic nitrogens is 2. The summed E-state index contributed by atoms with van der Waals surface area (Å²) in [6.45, 7) is 6.88. The maximum absolute atomic E-state index is 13.1. The van der Waals surface area contributed by atoms with Crippen LogP contribution in [0.5, 0.6) is 0 Å². The van der Waals surface area contributed by atoms with Gasteiger partial charge in [-0.3, -0.25) is 0 Å². The van der Waals surface area contributed by atoms with E-state index in [4.69, 9.17) is 0 Å². The molecule has 1 saturated heterocycles. The first-order valence-electron chi connectivity index (χ1n) is 9.04. The van der Waals surface area contributed by atoms with E-state index in [-0.39, 0.29) is 12.1 Å². The Kier molecular flexibility index (Phi) is 5.11. The molecule has 3 rings (SSSR count). The van der Waals surface area contributed by atoms with Crippen LogP contribution in [-0.2, 0) is 0 Å². The summed E-state index contributed by atoms with van der Waals surface area (Å²) in [6, 6.07) is 8.22. The van der Waals surface area contributed by atoms with Crippen LogP contribution >= 0.6 is 0 Å². The zero-order chi connectivity index (χ0) is 18.8. The second kappa shape index (κ2) is 7.32. The van der Waals surface area contributed by atoms with Gasteiger partial charge in [0, 0.05) is 20.6 Å². The van der Waals surface area contributed by atoms with E-state index in [9.17, 15) is 4.79 Å². The van der Waals surface area contributed by atoms with Gasteiger partial charge in [-0.05, 0) is 56.4 Å². The van der Waals surface area contributed by atoms with E-state index < -0.39 is 0 Å². The summed E-state index contributed by atoms with van der Waals surface area (Å²) in [5.41, 5.74) is 5.23. The Hall–Kier alpha value is -2.63. The largest absolute Gasteiger partial charge is 0.360 e. The minimum absolute atomic E-state index is 0.0781. The Balaban J connectivity index is 1.87. The highest BCUT2D eigenvalue weighted by Gasteiger charge is 2.32. The first-order valence-corrected chi connectivity index (χ1v) is 9.04. The van der Waals surface area contributed by atoms with E-state index in [0.29, 0.717) is 11.5 Å². The van der Waals surface area contributed by atoms with E-state index in [1.165, 1.54) is 16.7 Å². The fraction of sp³-hybridized carbons (Fsp3) is 0.450. The van der Waals surface area contributed by atoms with Gasteiger partial charge in [0.15, 0.2) is 5.82 Å². The molecule has 1 aliphatic rings. The molecule has 0 spiro atoms. The molecule has 1 N–H and O–H groups in total. The van der Waals surface area contributed by atoms with Gasteiger partial charge in [-0.25, -0.2) is 4.79 Å². The summed E-state index contributed by atoms with van der Waals surface area (Å²) in [5.74, 6) is 0.659. The Bertz CT molecular complexity index is 798. The molecule has 26 heavy (non-hydrogen) atoms. The van der Waals surface area contributed by atoms with Crippen molar-refractivity contribution in [3.8, 4) is 0 Å². The van der Waals surface area contributed by atoms with Crippen LogP contribution in [0.15, 0.2) is 24.3 Å². The van der Waals surface area contributed by atoms with Crippen LogP contribution in [0.25, 0.3) is 0 Å². The van der Waals surface area contributed by atoms with Crippen molar-refractivity contribution in [1.29, 1.82) is 0 Å². The molecule has 1 fully saturated rings. The van der Waals surface area contributed by atoms with Crippen LogP contribution in [0, 0.1) is 20.8 Å². The summed E-state index contributed by atoms with van der Waals surface area (Å²) >= 11 is 0. The number of hydrogen-bond acceptors (Lipinski definition) is 4. The predicted octanol–water partition coefficient (Wildman–Crippen LogP) is 3.84. The number of benzene rings is 1. The number of carbonyl (C=O) groups excluding carboxylic acids is 1. The first kappa shape index (κ1) is 18.2. The molecule has 6 heteroatoms. The summed E-state index contributed by atoms with van der Waals surface area (Å²) < 4.78 is 0. The van der Waals surface area contributed by atoms with Gasteiger partial charge in [-0.15, -0.1) is 5.10 Å². The van der Waals surface area contributed by atoms with Gasteiger partial charge in [0.05, 0.1) is 17.4 Å². The molecule has 6 nitrogen and oxygen atoms in total. The quantitative estimate of drug-likeness (QED) is 0.911. The number of urea groups is 1. The number of hydrogen-bond donors (Lipinski definition) is 1. The third-order valence-electron chi connectivity index (χ3n) is 4.95. The second-order valence-electron chi connectivity index (χ2n) is 7.20. The summed E-state index contributed by atoms with van der Waals surface area (Å²) in [4.78, 5) is 16.9. The molecule has 1 aromatic heterocycles. The molecule has 0 aliphatic carbocycles. The second-order valence-corrected chi connectivity index (χ2v) is 7.20. The van der Waals surface area contributed by atoms with Crippen molar-refractivity contribution in [2.45, 2.75) is 39.7 Å². The molecule has 1 aliphatic heterocycles. The highest BCUT2D eigenvalue weighted by molar-refractivity contribution is 5.92. The van der Waals surface area contributed by atoms with Gasteiger partial charge >= 0.3 is 6.03 Å². The molecule has 0 saturated carbocycles. The van der Waals surface area contributed by atoms with Crippen molar-refractivity contribution in [3.63, 3.8) is 0 Å². The Morgan fingerprint density at radius 3 is 2.54 bits per heavy atom. The van der Waals surface area contributed by atoms with Crippen LogP contribution in [-0.4, -0.2) is 41.8 Å². The monoisotopic (exact) mass is 353 g/mol. The van der Waals surface area contributed by atoms with Crippen LogP contribution in [0.3, 0.4) is 0 Å². The molecule has 138 valence electrons. The number of carbonyl (C=O) groups is 1. The third kappa shape index (κ3) is 3.49.